The molecule has 122 valence electrons. The zero-order valence-electron chi connectivity index (χ0n) is 10.9. The summed E-state index contributed by atoms with van der Waals surface area (Å²) in [5.74, 6) is 0. The van der Waals surface area contributed by atoms with Gasteiger partial charge in [-0.05, 0) is 25.9 Å². The molecule has 0 saturated carbocycles. The van der Waals surface area contributed by atoms with Gasteiger partial charge in [0.1, 0.15) is 0 Å². The molecule has 0 aromatic carbocycles. The molecule has 0 aromatic rings. The summed E-state index contributed by atoms with van der Waals surface area (Å²) in [5, 5.41) is 3.22. The first kappa shape index (κ1) is 27.5. The van der Waals surface area contributed by atoms with Gasteiger partial charge in [0.15, 0.2) is 0 Å². The maximum Gasteiger partial charge on any atom is 0.466 e. The van der Waals surface area contributed by atoms with Gasteiger partial charge in [0.05, 0.1) is 0 Å². The van der Waals surface area contributed by atoms with Crippen LogP contribution in [0.2, 0.25) is 0 Å². The van der Waals surface area contributed by atoms with Crippen LogP contribution in [0.25, 0.3) is 0 Å². The quantitative estimate of drug-likeness (QED) is 0.275. The molecule has 10 nitrogen and oxygen atoms in total. The molecule has 1 saturated heterocycles. The highest BCUT2D eigenvalue weighted by molar-refractivity contribution is 7.45. The van der Waals surface area contributed by atoms with E-state index in [9.17, 15) is 0 Å². The molecule has 1 rings (SSSR count). The molecule has 0 amide bonds. The van der Waals surface area contributed by atoms with Gasteiger partial charge in [-0.3, -0.25) is 0 Å². The fourth-order valence-electron chi connectivity index (χ4n) is 0.625. The minimum absolute atomic E-state index is 0. The molecule has 9 N–H and O–H groups in total. The predicted molar refractivity (Wildman–Crippen MR) is 70.2 cm³/mol. The molecule has 1 aliphatic rings. The number of rotatable bonds is 0. The Kier molecular flexibility index (Phi) is 23.4. The molecule has 19 heavy (non-hydrogen) atoms. The predicted octanol–water partition coefficient (Wildman–Crippen LogP) is -0.896. The first-order chi connectivity index (χ1) is 7.91. The van der Waals surface area contributed by atoms with Crippen LogP contribution in [0.3, 0.4) is 0 Å². The Morgan fingerprint density at radius 2 is 1.00 bits per heavy atom. The van der Waals surface area contributed by atoms with Gasteiger partial charge in [-0.25, -0.2) is 9.13 Å². The van der Waals surface area contributed by atoms with E-state index in [0.717, 1.165) is 0 Å². The maximum absolute atomic E-state index is 8.88. The van der Waals surface area contributed by atoms with Crippen molar-refractivity contribution in [3.8, 4) is 0 Å². The first-order valence-electron chi connectivity index (χ1n) is 5.19. The van der Waals surface area contributed by atoms with Crippen molar-refractivity contribution in [1.29, 1.82) is 0 Å². The lowest BCUT2D eigenvalue weighted by Crippen LogP contribution is -2.03. The van der Waals surface area contributed by atoms with Crippen molar-refractivity contribution < 1.29 is 44.0 Å². The Morgan fingerprint density at radius 3 is 1.05 bits per heavy atom. The van der Waals surface area contributed by atoms with E-state index >= 15 is 0 Å². The van der Waals surface area contributed by atoms with E-state index in [1.807, 2.05) is 0 Å². The van der Waals surface area contributed by atoms with E-state index in [1.54, 1.807) is 0 Å². The van der Waals surface area contributed by atoms with Crippen molar-refractivity contribution >= 4 is 15.6 Å². The lowest BCUT2D eigenvalue weighted by molar-refractivity contribution is 0.272. The summed E-state index contributed by atoms with van der Waals surface area (Å²) in [7, 11) is -9.28. The lowest BCUT2D eigenvalue weighted by atomic mass is 10.4. The van der Waals surface area contributed by atoms with Crippen molar-refractivity contribution in [2.24, 2.45) is 0 Å². The van der Waals surface area contributed by atoms with Gasteiger partial charge in [-0.1, -0.05) is 20.3 Å². The van der Waals surface area contributed by atoms with Gasteiger partial charge in [0, 0.05) is 0 Å². The Labute approximate surface area is 112 Å². The van der Waals surface area contributed by atoms with Crippen LogP contribution in [-0.4, -0.2) is 47.9 Å². The highest BCUT2D eigenvalue weighted by Gasteiger charge is 2.00. The Balaban J connectivity index is -0.0000000790. The summed E-state index contributed by atoms with van der Waals surface area (Å²) in [6.45, 7) is 6.75. The standard InChI is InChI=1S/C4H9N.C3H8.2H3O4P.H2O/c1-2-4-5-3-1;1-3-2;2*1-5(2,3)4;/h5H,1-4H2;3H2,1-2H3;2*(H3,1,2,3,4);1H2. The fraction of sp³-hybridized carbons (Fsp3) is 1.00. The van der Waals surface area contributed by atoms with E-state index in [4.69, 9.17) is 38.5 Å². The van der Waals surface area contributed by atoms with Crippen LogP contribution in [0.4, 0.5) is 0 Å². The van der Waals surface area contributed by atoms with Gasteiger partial charge < -0.3 is 40.2 Å². The van der Waals surface area contributed by atoms with Crippen LogP contribution in [0, 0.1) is 0 Å². The normalized spacial score (nSPS) is 13.5. The van der Waals surface area contributed by atoms with E-state index in [0.29, 0.717) is 0 Å². The lowest BCUT2D eigenvalue weighted by Gasteiger charge is -1.82. The molecule has 0 spiro atoms. The molecule has 1 fully saturated rings. The topological polar surface area (TPSA) is 199 Å². The number of hydrogen-bond acceptors (Lipinski definition) is 3. The van der Waals surface area contributed by atoms with Crippen LogP contribution in [0.15, 0.2) is 0 Å². The van der Waals surface area contributed by atoms with E-state index < -0.39 is 15.6 Å². The molecule has 0 unspecified atom stereocenters. The molecular formula is C7H25NO9P2. The molecule has 0 aromatic heterocycles. The number of nitrogens with one attached hydrogen (secondary N) is 1. The zero-order valence-corrected chi connectivity index (χ0v) is 12.7. The van der Waals surface area contributed by atoms with Crippen LogP contribution in [0.5, 0.6) is 0 Å². The average Bonchev–Trinajstić information content (AvgIpc) is 2.52. The second-order valence-electron chi connectivity index (χ2n) is 3.19. The van der Waals surface area contributed by atoms with Crippen molar-refractivity contribution in [2.45, 2.75) is 33.1 Å². The maximum atomic E-state index is 8.88. The van der Waals surface area contributed by atoms with Crippen molar-refractivity contribution in [2.75, 3.05) is 13.1 Å². The van der Waals surface area contributed by atoms with Crippen molar-refractivity contribution in [1.82, 2.24) is 5.32 Å². The molecule has 0 aliphatic carbocycles. The van der Waals surface area contributed by atoms with Gasteiger partial charge in [-0.2, -0.15) is 0 Å². The smallest absolute Gasteiger partial charge is 0.412 e. The molecule has 12 heteroatoms. The average molecular weight is 329 g/mol. The van der Waals surface area contributed by atoms with E-state index in [-0.39, 0.29) is 5.48 Å². The molecule has 0 radical (unpaired) electrons. The minimum atomic E-state index is -4.64. The third-order valence-corrected chi connectivity index (χ3v) is 0.957. The zero-order chi connectivity index (χ0) is 15.2. The summed E-state index contributed by atoms with van der Waals surface area (Å²) in [6, 6.07) is 0. The Morgan fingerprint density at radius 1 is 0.842 bits per heavy atom. The van der Waals surface area contributed by atoms with Crippen LogP contribution >= 0.6 is 15.6 Å². The summed E-state index contributed by atoms with van der Waals surface area (Å²) in [6.07, 6.45) is 4.03. The fourth-order valence-corrected chi connectivity index (χ4v) is 0.625. The molecule has 1 aliphatic heterocycles. The Hall–Kier alpha value is 0.140. The molecule has 0 bridgehead atoms. The third kappa shape index (κ3) is 179. The van der Waals surface area contributed by atoms with Crippen LogP contribution < -0.4 is 5.32 Å². The molecular weight excluding hydrogens is 304 g/mol. The van der Waals surface area contributed by atoms with Gasteiger partial charge >= 0.3 is 15.6 Å². The summed E-state index contributed by atoms with van der Waals surface area (Å²) < 4.78 is 17.8. The van der Waals surface area contributed by atoms with Crippen molar-refractivity contribution in [3.05, 3.63) is 0 Å². The minimum Gasteiger partial charge on any atom is -0.412 e. The van der Waals surface area contributed by atoms with Gasteiger partial charge in [-0.15, -0.1) is 0 Å². The van der Waals surface area contributed by atoms with Gasteiger partial charge in [0.25, 0.3) is 0 Å². The molecule has 0 atom stereocenters. The summed E-state index contributed by atoms with van der Waals surface area (Å²) in [4.78, 5) is 43.1. The van der Waals surface area contributed by atoms with Crippen LogP contribution in [-0.2, 0) is 9.13 Å². The number of phosphoric acid groups is 2. The Bertz CT molecular complexity index is 203. The number of hydrogen-bond donors (Lipinski definition) is 7. The largest absolute Gasteiger partial charge is 0.466 e. The first-order valence-corrected chi connectivity index (χ1v) is 8.32. The second-order valence-corrected chi connectivity index (χ2v) is 5.24. The molecule has 1 heterocycles. The van der Waals surface area contributed by atoms with E-state index in [1.165, 1.54) is 32.4 Å². The van der Waals surface area contributed by atoms with E-state index in [2.05, 4.69) is 19.2 Å². The highest BCUT2D eigenvalue weighted by Crippen LogP contribution is 2.26. The van der Waals surface area contributed by atoms with Gasteiger partial charge in [0.2, 0.25) is 0 Å². The third-order valence-electron chi connectivity index (χ3n) is 0.957. The summed E-state index contributed by atoms with van der Waals surface area (Å²) >= 11 is 0. The second kappa shape index (κ2) is 16.2. The monoisotopic (exact) mass is 329 g/mol. The SMILES string of the molecule is C1CCNC1.CCC.O.O=P(O)(O)O.O=P(O)(O)O. The van der Waals surface area contributed by atoms with Crippen molar-refractivity contribution in [3.63, 3.8) is 0 Å². The van der Waals surface area contributed by atoms with Crippen LogP contribution in [0.1, 0.15) is 33.1 Å². The summed E-state index contributed by atoms with van der Waals surface area (Å²) in [5.41, 5.74) is 0. The highest BCUT2D eigenvalue weighted by atomic mass is 31.2.